The summed E-state index contributed by atoms with van der Waals surface area (Å²) >= 11 is 0. The van der Waals surface area contributed by atoms with Crippen molar-refractivity contribution in [1.82, 2.24) is 9.80 Å². The molecule has 2 rings (SSSR count). The standard InChI is InChI=1S/C18H24N2O3/c1-4-18(22)20(13-15-7-5-6-8-17(15)23-3)16-9-11-19(12-10-16)14(2)21/h4-8,16H,1,9-13H2,2-3H3. The highest BCUT2D eigenvalue weighted by Gasteiger charge is 2.28. The van der Waals surface area contributed by atoms with E-state index < -0.39 is 0 Å². The predicted molar refractivity (Wildman–Crippen MR) is 89.0 cm³/mol. The molecule has 23 heavy (non-hydrogen) atoms. The van der Waals surface area contributed by atoms with E-state index in [4.69, 9.17) is 4.74 Å². The number of benzene rings is 1. The van der Waals surface area contributed by atoms with Crippen LogP contribution >= 0.6 is 0 Å². The first-order chi connectivity index (χ1) is 11.1. The summed E-state index contributed by atoms with van der Waals surface area (Å²) in [6, 6.07) is 7.82. The monoisotopic (exact) mass is 316 g/mol. The number of rotatable bonds is 5. The molecule has 0 aromatic heterocycles. The quantitative estimate of drug-likeness (QED) is 0.783. The van der Waals surface area contributed by atoms with Gasteiger partial charge in [0.25, 0.3) is 0 Å². The molecule has 1 heterocycles. The van der Waals surface area contributed by atoms with E-state index in [1.54, 1.807) is 14.0 Å². The van der Waals surface area contributed by atoms with Crippen LogP contribution in [-0.2, 0) is 16.1 Å². The summed E-state index contributed by atoms with van der Waals surface area (Å²) in [5, 5.41) is 0. The number of amides is 2. The highest BCUT2D eigenvalue weighted by atomic mass is 16.5. The van der Waals surface area contributed by atoms with Crippen LogP contribution in [0.4, 0.5) is 0 Å². The van der Waals surface area contributed by atoms with Gasteiger partial charge in [-0.1, -0.05) is 24.8 Å². The molecule has 0 aliphatic carbocycles. The Morgan fingerprint density at radius 1 is 1.35 bits per heavy atom. The zero-order valence-electron chi connectivity index (χ0n) is 13.8. The molecule has 0 saturated carbocycles. The Labute approximate surface area is 137 Å². The van der Waals surface area contributed by atoms with Crippen molar-refractivity contribution in [2.75, 3.05) is 20.2 Å². The second kappa shape index (κ2) is 7.81. The number of piperidine rings is 1. The third-order valence-electron chi connectivity index (χ3n) is 4.34. The van der Waals surface area contributed by atoms with E-state index in [-0.39, 0.29) is 17.9 Å². The van der Waals surface area contributed by atoms with Crippen molar-refractivity contribution >= 4 is 11.8 Å². The first-order valence-corrected chi connectivity index (χ1v) is 7.87. The normalized spacial score (nSPS) is 15.1. The largest absolute Gasteiger partial charge is 0.496 e. The second-order valence-corrected chi connectivity index (χ2v) is 5.72. The van der Waals surface area contributed by atoms with Crippen molar-refractivity contribution in [3.63, 3.8) is 0 Å². The van der Waals surface area contributed by atoms with Gasteiger partial charge >= 0.3 is 0 Å². The molecule has 0 spiro atoms. The third-order valence-corrected chi connectivity index (χ3v) is 4.34. The molecule has 2 amide bonds. The van der Waals surface area contributed by atoms with Crippen molar-refractivity contribution in [1.29, 1.82) is 0 Å². The Morgan fingerprint density at radius 3 is 2.57 bits per heavy atom. The number of methoxy groups -OCH3 is 1. The summed E-state index contributed by atoms with van der Waals surface area (Å²) in [5.74, 6) is 0.780. The molecular formula is C18H24N2O3. The molecule has 1 aromatic rings. The summed E-state index contributed by atoms with van der Waals surface area (Å²) in [6.07, 6.45) is 2.93. The van der Waals surface area contributed by atoms with E-state index in [2.05, 4.69) is 6.58 Å². The lowest BCUT2D eigenvalue weighted by molar-refractivity contribution is -0.133. The van der Waals surface area contributed by atoms with Gasteiger partial charge in [0.2, 0.25) is 11.8 Å². The third kappa shape index (κ3) is 4.12. The summed E-state index contributed by atoms with van der Waals surface area (Å²) in [7, 11) is 1.63. The SMILES string of the molecule is C=CC(=O)N(Cc1ccccc1OC)C1CCN(C(C)=O)CC1. The molecule has 1 saturated heterocycles. The molecule has 0 bridgehead atoms. The molecule has 0 N–H and O–H groups in total. The van der Waals surface area contributed by atoms with Crippen LogP contribution < -0.4 is 4.74 Å². The summed E-state index contributed by atoms with van der Waals surface area (Å²) in [6.45, 7) is 7.06. The van der Waals surface area contributed by atoms with Gasteiger partial charge in [-0.15, -0.1) is 0 Å². The smallest absolute Gasteiger partial charge is 0.246 e. The molecule has 1 aromatic carbocycles. The fourth-order valence-electron chi connectivity index (χ4n) is 3.01. The average Bonchev–Trinajstić information content (AvgIpc) is 2.59. The number of hydrogen-bond acceptors (Lipinski definition) is 3. The number of nitrogens with zero attached hydrogens (tertiary/aromatic N) is 2. The van der Waals surface area contributed by atoms with Crippen LogP contribution in [-0.4, -0.2) is 47.9 Å². The lowest BCUT2D eigenvalue weighted by Crippen LogP contribution is -2.47. The topological polar surface area (TPSA) is 49.9 Å². The van der Waals surface area contributed by atoms with E-state index in [1.165, 1.54) is 6.08 Å². The minimum Gasteiger partial charge on any atom is -0.496 e. The lowest BCUT2D eigenvalue weighted by Gasteiger charge is -2.38. The highest BCUT2D eigenvalue weighted by molar-refractivity contribution is 5.87. The van der Waals surface area contributed by atoms with E-state index in [0.29, 0.717) is 19.6 Å². The fourth-order valence-corrected chi connectivity index (χ4v) is 3.01. The van der Waals surface area contributed by atoms with Crippen LogP contribution in [0.2, 0.25) is 0 Å². The molecule has 5 nitrogen and oxygen atoms in total. The Bertz CT molecular complexity index is 577. The lowest BCUT2D eigenvalue weighted by atomic mass is 10.0. The average molecular weight is 316 g/mol. The molecule has 5 heteroatoms. The highest BCUT2D eigenvalue weighted by Crippen LogP contribution is 2.24. The molecule has 1 aliphatic rings. The van der Waals surface area contributed by atoms with Crippen molar-refractivity contribution in [3.05, 3.63) is 42.5 Å². The number of likely N-dealkylation sites (tertiary alicyclic amines) is 1. The van der Waals surface area contributed by atoms with Crippen LogP contribution in [0.3, 0.4) is 0 Å². The Balaban J connectivity index is 2.13. The first kappa shape index (κ1) is 17.1. The van der Waals surface area contributed by atoms with Gasteiger partial charge in [-0.2, -0.15) is 0 Å². The zero-order valence-corrected chi connectivity index (χ0v) is 13.8. The minimum absolute atomic E-state index is 0.0859. The Morgan fingerprint density at radius 2 is 2.00 bits per heavy atom. The molecule has 1 fully saturated rings. The van der Waals surface area contributed by atoms with Gasteiger partial charge in [-0.25, -0.2) is 0 Å². The Kier molecular flexibility index (Phi) is 5.79. The van der Waals surface area contributed by atoms with E-state index in [0.717, 1.165) is 24.2 Å². The molecule has 1 aliphatic heterocycles. The van der Waals surface area contributed by atoms with Gasteiger partial charge in [0.1, 0.15) is 5.75 Å². The van der Waals surface area contributed by atoms with Crippen molar-refractivity contribution in [2.24, 2.45) is 0 Å². The van der Waals surface area contributed by atoms with E-state index >= 15 is 0 Å². The van der Waals surface area contributed by atoms with Gasteiger partial charge in [0.05, 0.1) is 7.11 Å². The van der Waals surface area contributed by atoms with Crippen molar-refractivity contribution in [2.45, 2.75) is 32.4 Å². The zero-order chi connectivity index (χ0) is 16.8. The maximum absolute atomic E-state index is 12.3. The van der Waals surface area contributed by atoms with E-state index in [1.807, 2.05) is 34.1 Å². The summed E-state index contributed by atoms with van der Waals surface area (Å²) in [4.78, 5) is 27.4. The van der Waals surface area contributed by atoms with Gasteiger partial charge in [0, 0.05) is 38.2 Å². The van der Waals surface area contributed by atoms with E-state index in [9.17, 15) is 9.59 Å². The molecule has 0 atom stereocenters. The molecule has 0 radical (unpaired) electrons. The van der Waals surface area contributed by atoms with Gasteiger partial charge in [-0.3, -0.25) is 9.59 Å². The number of ether oxygens (including phenoxy) is 1. The number of para-hydroxylation sites is 1. The van der Waals surface area contributed by atoms with Gasteiger partial charge in [-0.05, 0) is 25.0 Å². The van der Waals surface area contributed by atoms with Crippen LogP contribution in [0, 0.1) is 0 Å². The second-order valence-electron chi connectivity index (χ2n) is 5.72. The number of carbonyl (C=O) groups excluding carboxylic acids is 2. The maximum atomic E-state index is 12.3. The van der Waals surface area contributed by atoms with Crippen molar-refractivity contribution in [3.8, 4) is 5.75 Å². The molecular weight excluding hydrogens is 292 g/mol. The number of carbonyl (C=O) groups is 2. The van der Waals surface area contributed by atoms with Gasteiger partial charge < -0.3 is 14.5 Å². The minimum atomic E-state index is -0.0859. The summed E-state index contributed by atoms with van der Waals surface area (Å²) in [5.41, 5.74) is 0.971. The molecule has 124 valence electrons. The first-order valence-electron chi connectivity index (χ1n) is 7.87. The predicted octanol–water partition coefficient (Wildman–Crippen LogP) is 2.22. The maximum Gasteiger partial charge on any atom is 0.246 e. The van der Waals surface area contributed by atoms with Crippen molar-refractivity contribution < 1.29 is 14.3 Å². The summed E-state index contributed by atoms with van der Waals surface area (Å²) < 4.78 is 5.38. The fraction of sp³-hybridized carbons (Fsp3) is 0.444. The van der Waals surface area contributed by atoms with Crippen LogP contribution in [0.5, 0.6) is 5.75 Å². The number of hydrogen-bond donors (Lipinski definition) is 0. The van der Waals surface area contributed by atoms with Crippen LogP contribution in [0.1, 0.15) is 25.3 Å². The van der Waals surface area contributed by atoms with Crippen LogP contribution in [0.25, 0.3) is 0 Å². The van der Waals surface area contributed by atoms with Gasteiger partial charge in [0.15, 0.2) is 0 Å². The Hall–Kier alpha value is -2.30. The van der Waals surface area contributed by atoms with Crippen LogP contribution in [0.15, 0.2) is 36.9 Å². The molecule has 0 unspecified atom stereocenters.